The second kappa shape index (κ2) is 7.28. The average molecular weight is 434 g/mol. The van der Waals surface area contributed by atoms with Crippen LogP contribution in [0.15, 0.2) is 65.8 Å². The molecule has 0 radical (unpaired) electrons. The van der Waals surface area contributed by atoms with Gasteiger partial charge in [0, 0.05) is 28.7 Å². The molecule has 6 nitrogen and oxygen atoms in total. The van der Waals surface area contributed by atoms with Crippen LogP contribution in [-0.2, 0) is 16.1 Å². The van der Waals surface area contributed by atoms with E-state index in [4.69, 9.17) is 0 Å². The number of amides is 2. The van der Waals surface area contributed by atoms with Crippen LogP contribution < -0.4 is 0 Å². The lowest BCUT2D eigenvalue weighted by molar-refractivity contribution is -0.140. The number of carbonyl (C=O) groups excluding carboxylic acids is 2. The number of hydrogen-bond acceptors (Lipinski definition) is 4. The van der Waals surface area contributed by atoms with Gasteiger partial charge in [0.1, 0.15) is 0 Å². The zero-order chi connectivity index (χ0) is 22.7. The molecule has 0 unspecified atom stereocenters. The molecule has 4 atom stereocenters. The zero-order valence-electron chi connectivity index (χ0n) is 18.2. The molecule has 2 aromatic carbocycles. The van der Waals surface area contributed by atoms with Gasteiger partial charge in [-0.1, -0.05) is 48.6 Å². The fourth-order valence-electron chi connectivity index (χ4n) is 5.88. The maximum absolute atomic E-state index is 13.0. The van der Waals surface area contributed by atoms with Crippen LogP contribution in [0.5, 0.6) is 0 Å². The summed E-state index contributed by atoms with van der Waals surface area (Å²) < 4.78 is 2.15. The second-order valence-electron chi connectivity index (χ2n) is 9.10. The molecule has 6 heteroatoms. The maximum atomic E-state index is 13.0. The van der Waals surface area contributed by atoms with Gasteiger partial charge in [0.25, 0.3) is 11.8 Å². The SMILES string of the molecule is Cc1c(C=NN2C(=O)[C@@H]3[C@H](C2=O)[C@H]2C=C[C@H]3C2)c2ccccc2n1Cc1ccccc1C#N. The molecular formula is C27H22N4O2. The Morgan fingerprint density at radius 2 is 1.70 bits per heavy atom. The van der Waals surface area contributed by atoms with Gasteiger partial charge in [0.05, 0.1) is 29.7 Å². The van der Waals surface area contributed by atoms with E-state index in [9.17, 15) is 14.9 Å². The lowest BCUT2D eigenvalue weighted by Crippen LogP contribution is -2.28. The minimum Gasteiger partial charge on any atom is -0.340 e. The first-order valence-electron chi connectivity index (χ1n) is 11.2. The van der Waals surface area contributed by atoms with Crippen molar-refractivity contribution in [1.29, 1.82) is 5.26 Å². The Kier molecular flexibility index (Phi) is 4.34. The quantitative estimate of drug-likeness (QED) is 0.354. The van der Waals surface area contributed by atoms with Gasteiger partial charge in [-0.25, -0.2) is 0 Å². The Morgan fingerprint density at radius 1 is 1.03 bits per heavy atom. The first-order chi connectivity index (χ1) is 16.1. The normalized spacial score (nSPS) is 25.5. The fraction of sp³-hybridized carbons (Fsp3) is 0.259. The third-order valence-corrected chi connectivity index (χ3v) is 7.50. The molecule has 1 aromatic heterocycles. The van der Waals surface area contributed by atoms with Crippen molar-refractivity contribution in [1.82, 2.24) is 9.58 Å². The van der Waals surface area contributed by atoms with Gasteiger partial charge < -0.3 is 4.57 Å². The highest BCUT2D eigenvalue weighted by Crippen LogP contribution is 2.52. The van der Waals surface area contributed by atoms with Gasteiger partial charge >= 0.3 is 0 Å². The number of hydrazone groups is 1. The number of benzene rings is 2. The number of nitriles is 1. The lowest BCUT2D eigenvalue weighted by atomic mass is 9.85. The van der Waals surface area contributed by atoms with Crippen LogP contribution in [0.4, 0.5) is 0 Å². The molecular weight excluding hydrogens is 412 g/mol. The van der Waals surface area contributed by atoms with E-state index in [1.54, 1.807) is 6.21 Å². The highest BCUT2D eigenvalue weighted by molar-refractivity contribution is 6.08. The van der Waals surface area contributed by atoms with E-state index in [1.807, 2.05) is 55.5 Å². The van der Waals surface area contributed by atoms with Crippen LogP contribution in [0.25, 0.3) is 10.9 Å². The Hall–Kier alpha value is -3.98. The molecule has 162 valence electrons. The molecule has 0 N–H and O–H groups in total. The topological polar surface area (TPSA) is 78.5 Å². The highest BCUT2D eigenvalue weighted by Gasteiger charge is 2.59. The predicted octanol–water partition coefficient (Wildman–Crippen LogP) is 4.01. The summed E-state index contributed by atoms with van der Waals surface area (Å²) in [7, 11) is 0. The summed E-state index contributed by atoms with van der Waals surface area (Å²) in [5, 5.41) is 16.0. The van der Waals surface area contributed by atoms with Crippen molar-refractivity contribution in [2.45, 2.75) is 19.9 Å². The third-order valence-electron chi connectivity index (χ3n) is 7.50. The number of nitrogens with zero attached hydrogens (tertiary/aromatic N) is 4. The number of imide groups is 1. The van der Waals surface area contributed by atoms with Crippen LogP contribution in [0, 0.1) is 41.9 Å². The largest absolute Gasteiger partial charge is 0.340 e. The van der Waals surface area contributed by atoms with Crippen LogP contribution in [-0.4, -0.2) is 27.6 Å². The van der Waals surface area contributed by atoms with Gasteiger partial charge in [0.15, 0.2) is 0 Å². The summed E-state index contributed by atoms with van der Waals surface area (Å²) in [6.45, 7) is 2.55. The van der Waals surface area contributed by atoms with E-state index >= 15 is 0 Å². The number of hydrogen-bond donors (Lipinski definition) is 0. The van der Waals surface area contributed by atoms with Crippen LogP contribution in [0.2, 0.25) is 0 Å². The van der Waals surface area contributed by atoms with Crippen LogP contribution in [0.1, 0.15) is 28.8 Å². The molecule has 2 bridgehead atoms. The minimum atomic E-state index is -0.255. The maximum Gasteiger partial charge on any atom is 0.254 e. The molecule has 1 aliphatic heterocycles. The molecule has 1 saturated carbocycles. The van der Waals surface area contributed by atoms with Crippen molar-refractivity contribution in [3.63, 3.8) is 0 Å². The van der Waals surface area contributed by atoms with E-state index in [2.05, 4.69) is 27.9 Å². The van der Waals surface area contributed by atoms with E-state index in [0.29, 0.717) is 12.1 Å². The lowest BCUT2D eigenvalue weighted by Gasteiger charge is -2.13. The fourth-order valence-corrected chi connectivity index (χ4v) is 5.88. The van der Waals surface area contributed by atoms with Gasteiger partial charge in [-0.2, -0.15) is 15.4 Å². The second-order valence-corrected chi connectivity index (χ2v) is 9.10. The summed E-state index contributed by atoms with van der Waals surface area (Å²) in [6, 6.07) is 17.8. The van der Waals surface area contributed by atoms with Crippen molar-refractivity contribution >= 4 is 28.9 Å². The number of allylic oxidation sites excluding steroid dienone is 2. The van der Waals surface area contributed by atoms with Crippen LogP contribution >= 0.6 is 0 Å². The zero-order valence-corrected chi connectivity index (χ0v) is 18.2. The monoisotopic (exact) mass is 434 g/mol. The smallest absolute Gasteiger partial charge is 0.254 e. The highest BCUT2D eigenvalue weighted by atomic mass is 16.2. The van der Waals surface area contributed by atoms with Crippen molar-refractivity contribution in [3.8, 4) is 6.07 Å². The van der Waals surface area contributed by atoms with Crippen molar-refractivity contribution in [2.75, 3.05) is 0 Å². The molecule has 2 heterocycles. The van der Waals surface area contributed by atoms with E-state index in [0.717, 1.165) is 39.2 Å². The summed E-state index contributed by atoms with van der Waals surface area (Å²) >= 11 is 0. The Bertz CT molecular complexity index is 1390. The Balaban J connectivity index is 1.37. The molecule has 3 aliphatic rings. The Labute approximate surface area is 191 Å². The number of para-hydroxylation sites is 1. The standard InChI is InChI=1S/C27H22N4O2/c1-16-22(14-29-31-26(32)24-17-10-11-18(12-17)25(24)27(31)33)21-8-4-5-9-23(21)30(16)15-20-7-3-2-6-19(20)13-28/h2-11,14,17-18,24-25H,12,15H2,1H3/t17-,18-,24-,25+/m0/s1. The summed E-state index contributed by atoms with van der Waals surface area (Å²) in [6.07, 6.45) is 6.72. The number of rotatable bonds is 4. The van der Waals surface area contributed by atoms with E-state index in [-0.39, 0.29) is 35.5 Å². The molecule has 1 saturated heterocycles. The van der Waals surface area contributed by atoms with Gasteiger partial charge in [-0.3, -0.25) is 9.59 Å². The van der Waals surface area contributed by atoms with Gasteiger partial charge in [-0.05, 0) is 42.9 Å². The van der Waals surface area contributed by atoms with Gasteiger partial charge in [0.2, 0.25) is 0 Å². The van der Waals surface area contributed by atoms with Crippen LogP contribution in [0.3, 0.4) is 0 Å². The molecule has 6 rings (SSSR count). The number of carbonyl (C=O) groups is 2. The third kappa shape index (κ3) is 2.82. The first-order valence-corrected chi connectivity index (χ1v) is 11.2. The van der Waals surface area contributed by atoms with Crippen molar-refractivity contribution in [2.24, 2.45) is 28.8 Å². The number of aromatic nitrogens is 1. The van der Waals surface area contributed by atoms with Crippen molar-refractivity contribution in [3.05, 3.63) is 83.1 Å². The van der Waals surface area contributed by atoms with Gasteiger partial charge in [-0.15, -0.1) is 0 Å². The molecule has 2 aliphatic carbocycles. The molecule has 3 aromatic rings. The molecule has 0 spiro atoms. The van der Waals surface area contributed by atoms with Crippen molar-refractivity contribution < 1.29 is 9.59 Å². The minimum absolute atomic E-state index is 0.167. The van der Waals surface area contributed by atoms with E-state index < -0.39 is 0 Å². The summed E-state index contributed by atoms with van der Waals surface area (Å²) in [5.74, 6) is -0.532. The number of fused-ring (bicyclic) bond motifs is 6. The predicted molar refractivity (Wildman–Crippen MR) is 124 cm³/mol. The van der Waals surface area contributed by atoms with E-state index in [1.165, 1.54) is 0 Å². The Morgan fingerprint density at radius 3 is 2.42 bits per heavy atom. The summed E-state index contributed by atoms with van der Waals surface area (Å²) in [4.78, 5) is 26.0. The summed E-state index contributed by atoms with van der Waals surface area (Å²) in [5.41, 5.74) is 4.44. The molecule has 2 amide bonds. The average Bonchev–Trinajstić information content (AvgIpc) is 3.57. The molecule has 33 heavy (non-hydrogen) atoms. The molecule has 2 fully saturated rings. The first kappa shape index (κ1) is 19.7.